The molecule has 7 nitrogen and oxygen atoms in total. The molecule has 0 aliphatic heterocycles. The first-order valence-electron chi connectivity index (χ1n) is 7.75. The van der Waals surface area contributed by atoms with E-state index >= 15 is 0 Å². The van der Waals surface area contributed by atoms with Crippen LogP contribution in [0.5, 0.6) is 11.5 Å². The minimum atomic E-state index is -0.891. The normalized spacial score (nSPS) is 10.2. The summed E-state index contributed by atoms with van der Waals surface area (Å²) in [5.41, 5.74) is 3.31. The molecule has 0 fully saturated rings. The number of amides is 2. The molecule has 26 heavy (non-hydrogen) atoms. The lowest BCUT2D eigenvalue weighted by Gasteiger charge is -2.08. The van der Waals surface area contributed by atoms with E-state index in [2.05, 4.69) is 22.4 Å². The van der Waals surface area contributed by atoms with Crippen LogP contribution < -0.4 is 20.2 Å². The van der Waals surface area contributed by atoms with Gasteiger partial charge in [-0.1, -0.05) is 24.8 Å². The Morgan fingerprint density at radius 3 is 2.54 bits per heavy atom. The van der Waals surface area contributed by atoms with Crippen molar-refractivity contribution in [3.63, 3.8) is 0 Å². The lowest BCUT2D eigenvalue weighted by Crippen LogP contribution is -2.32. The number of hydrazone groups is 1. The highest BCUT2D eigenvalue weighted by Gasteiger charge is 2.14. The van der Waals surface area contributed by atoms with Crippen molar-refractivity contribution < 1.29 is 19.1 Å². The van der Waals surface area contributed by atoms with Gasteiger partial charge >= 0.3 is 11.8 Å². The molecule has 0 saturated carbocycles. The molecule has 0 saturated heterocycles. The van der Waals surface area contributed by atoms with E-state index in [9.17, 15) is 9.59 Å². The van der Waals surface area contributed by atoms with Crippen LogP contribution >= 0.6 is 0 Å². The van der Waals surface area contributed by atoms with Crippen molar-refractivity contribution in [2.24, 2.45) is 5.10 Å². The Kier molecular flexibility index (Phi) is 6.93. The van der Waals surface area contributed by atoms with E-state index in [4.69, 9.17) is 9.47 Å². The monoisotopic (exact) mass is 353 g/mol. The van der Waals surface area contributed by atoms with Gasteiger partial charge in [-0.2, -0.15) is 5.10 Å². The molecule has 0 aromatic heterocycles. The fourth-order valence-corrected chi connectivity index (χ4v) is 1.95. The maximum atomic E-state index is 11.9. The highest BCUT2D eigenvalue weighted by Crippen LogP contribution is 2.22. The summed E-state index contributed by atoms with van der Waals surface area (Å²) < 4.78 is 10.5. The van der Waals surface area contributed by atoms with Gasteiger partial charge in [0.05, 0.1) is 19.0 Å². The van der Waals surface area contributed by atoms with Gasteiger partial charge < -0.3 is 14.8 Å². The Morgan fingerprint density at radius 2 is 1.85 bits per heavy atom. The van der Waals surface area contributed by atoms with Gasteiger partial charge in [0.15, 0.2) is 0 Å². The van der Waals surface area contributed by atoms with Crippen LogP contribution in [0.25, 0.3) is 0 Å². The number of hydrogen-bond acceptors (Lipinski definition) is 5. The summed E-state index contributed by atoms with van der Waals surface area (Å²) in [6, 6.07) is 13.8. The predicted molar refractivity (Wildman–Crippen MR) is 99.5 cm³/mol. The molecule has 0 aliphatic rings. The fraction of sp³-hybridized carbons (Fsp3) is 0.105. The average molecular weight is 353 g/mol. The zero-order valence-corrected chi connectivity index (χ0v) is 14.3. The second-order valence-electron chi connectivity index (χ2n) is 5.02. The number of hydrogen-bond donors (Lipinski definition) is 2. The van der Waals surface area contributed by atoms with Crippen molar-refractivity contribution in [1.29, 1.82) is 0 Å². The number of para-hydroxylation sites is 2. The predicted octanol–water partition coefficient (Wildman–Crippen LogP) is 2.35. The van der Waals surface area contributed by atoms with Crippen molar-refractivity contribution in [3.05, 3.63) is 66.7 Å². The molecular weight excluding hydrogens is 334 g/mol. The third-order valence-corrected chi connectivity index (χ3v) is 3.19. The summed E-state index contributed by atoms with van der Waals surface area (Å²) in [6.07, 6.45) is 3.08. The average Bonchev–Trinajstić information content (AvgIpc) is 2.67. The van der Waals surface area contributed by atoms with E-state index in [0.717, 1.165) is 5.56 Å². The van der Waals surface area contributed by atoms with Gasteiger partial charge in [-0.3, -0.25) is 9.59 Å². The van der Waals surface area contributed by atoms with Crippen LogP contribution in [0, 0.1) is 0 Å². The molecule has 0 spiro atoms. The summed E-state index contributed by atoms with van der Waals surface area (Å²) in [5.74, 6) is -0.587. The molecule has 0 radical (unpaired) electrons. The third-order valence-electron chi connectivity index (χ3n) is 3.19. The van der Waals surface area contributed by atoms with Gasteiger partial charge in [0.1, 0.15) is 18.1 Å². The molecule has 2 N–H and O–H groups in total. The van der Waals surface area contributed by atoms with Gasteiger partial charge in [0.25, 0.3) is 0 Å². The van der Waals surface area contributed by atoms with E-state index in [0.29, 0.717) is 23.8 Å². The highest BCUT2D eigenvalue weighted by atomic mass is 16.5. The number of anilines is 1. The van der Waals surface area contributed by atoms with E-state index < -0.39 is 11.8 Å². The van der Waals surface area contributed by atoms with Gasteiger partial charge in [-0.25, -0.2) is 5.43 Å². The van der Waals surface area contributed by atoms with Crippen molar-refractivity contribution in [1.82, 2.24) is 5.43 Å². The zero-order valence-electron chi connectivity index (χ0n) is 14.3. The number of ether oxygens (including phenoxy) is 2. The standard InChI is InChI=1S/C19H19N3O4/c1-3-12-26-15-10-8-14(9-11-15)13-20-22-19(24)18(23)21-16-6-4-5-7-17(16)25-2/h3-11,13H,1,12H2,2H3,(H,21,23)(H,22,24)/b20-13+. The lowest BCUT2D eigenvalue weighted by molar-refractivity contribution is -0.136. The Labute approximate surface area is 151 Å². The summed E-state index contributed by atoms with van der Waals surface area (Å²) in [7, 11) is 1.48. The van der Waals surface area contributed by atoms with Crippen molar-refractivity contribution in [2.45, 2.75) is 0 Å². The third kappa shape index (κ3) is 5.48. The molecule has 2 rings (SSSR count). The molecule has 0 unspecified atom stereocenters. The van der Waals surface area contributed by atoms with Crippen LogP contribution in [-0.4, -0.2) is 31.7 Å². The molecule has 7 heteroatoms. The van der Waals surface area contributed by atoms with Crippen LogP contribution in [0.1, 0.15) is 5.56 Å². The second-order valence-corrected chi connectivity index (χ2v) is 5.02. The largest absolute Gasteiger partial charge is 0.495 e. The topological polar surface area (TPSA) is 89.0 Å². The van der Waals surface area contributed by atoms with Crippen LogP contribution in [0.3, 0.4) is 0 Å². The van der Waals surface area contributed by atoms with E-state index in [1.54, 1.807) is 54.6 Å². The SMILES string of the molecule is C=CCOc1ccc(/C=N/NC(=O)C(=O)Nc2ccccc2OC)cc1. The van der Waals surface area contributed by atoms with Crippen LogP contribution in [0.4, 0.5) is 5.69 Å². The summed E-state index contributed by atoms with van der Waals surface area (Å²) in [6.45, 7) is 4.00. The Morgan fingerprint density at radius 1 is 1.12 bits per heavy atom. The minimum Gasteiger partial charge on any atom is -0.495 e. The number of nitrogens with one attached hydrogen (secondary N) is 2. The molecule has 0 aliphatic carbocycles. The summed E-state index contributed by atoms with van der Waals surface area (Å²) in [5, 5.41) is 6.23. The number of benzene rings is 2. The van der Waals surface area contributed by atoms with E-state index in [-0.39, 0.29) is 0 Å². The first-order chi connectivity index (χ1) is 12.6. The van der Waals surface area contributed by atoms with Crippen LogP contribution in [0.15, 0.2) is 66.3 Å². The van der Waals surface area contributed by atoms with Crippen molar-refractivity contribution in [3.8, 4) is 11.5 Å². The fourth-order valence-electron chi connectivity index (χ4n) is 1.95. The first-order valence-corrected chi connectivity index (χ1v) is 7.75. The lowest BCUT2D eigenvalue weighted by atomic mass is 10.2. The van der Waals surface area contributed by atoms with Crippen LogP contribution in [0.2, 0.25) is 0 Å². The summed E-state index contributed by atoms with van der Waals surface area (Å²) >= 11 is 0. The highest BCUT2D eigenvalue weighted by molar-refractivity contribution is 6.39. The molecule has 2 aromatic rings. The molecule has 2 aromatic carbocycles. The zero-order chi connectivity index (χ0) is 18.8. The smallest absolute Gasteiger partial charge is 0.329 e. The van der Waals surface area contributed by atoms with Crippen LogP contribution in [-0.2, 0) is 9.59 Å². The van der Waals surface area contributed by atoms with Crippen molar-refractivity contribution in [2.75, 3.05) is 19.0 Å². The molecular formula is C19H19N3O4. The molecule has 0 atom stereocenters. The van der Waals surface area contributed by atoms with Gasteiger partial charge in [0.2, 0.25) is 0 Å². The first kappa shape index (κ1) is 18.7. The number of carbonyl (C=O) groups excluding carboxylic acids is 2. The number of methoxy groups -OCH3 is 1. The molecule has 134 valence electrons. The van der Waals surface area contributed by atoms with Gasteiger partial charge in [-0.15, -0.1) is 0 Å². The molecule has 0 heterocycles. The van der Waals surface area contributed by atoms with Gasteiger partial charge in [-0.05, 0) is 42.0 Å². The molecule has 2 amide bonds. The van der Waals surface area contributed by atoms with E-state index in [1.165, 1.54) is 13.3 Å². The Bertz CT molecular complexity index is 801. The Balaban J connectivity index is 1.88. The quantitative estimate of drug-likeness (QED) is 0.346. The molecule has 0 bridgehead atoms. The number of carbonyl (C=O) groups is 2. The van der Waals surface area contributed by atoms with E-state index in [1.807, 2.05) is 0 Å². The number of nitrogens with zero attached hydrogens (tertiary/aromatic N) is 1. The second kappa shape index (κ2) is 9.63. The number of rotatable bonds is 7. The maximum Gasteiger partial charge on any atom is 0.329 e. The minimum absolute atomic E-state index is 0.397. The van der Waals surface area contributed by atoms with Gasteiger partial charge in [0, 0.05) is 0 Å². The summed E-state index contributed by atoms with van der Waals surface area (Å²) in [4.78, 5) is 23.7. The maximum absolute atomic E-state index is 11.9. The van der Waals surface area contributed by atoms with Crippen molar-refractivity contribution >= 4 is 23.7 Å². The Hall–Kier alpha value is -3.61.